The van der Waals surface area contributed by atoms with E-state index in [9.17, 15) is 0 Å². The van der Waals surface area contributed by atoms with Gasteiger partial charge in [-0.25, -0.2) is 0 Å². The predicted molar refractivity (Wildman–Crippen MR) is 81.5 cm³/mol. The van der Waals surface area contributed by atoms with E-state index in [0.717, 1.165) is 12.5 Å². The average molecular weight is 276 g/mol. The van der Waals surface area contributed by atoms with Crippen LogP contribution in [0.25, 0.3) is 0 Å². The fourth-order valence-electron chi connectivity index (χ4n) is 3.80. The molecule has 2 aliphatic rings. The molecule has 1 N–H and O–H groups in total. The number of rotatable bonds is 3. The van der Waals surface area contributed by atoms with Gasteiger partial charge in [0, 0.05) is 32.4 Å². The Balaban J connectivity index is 1.59. The second kappa shape index (κ2) is 6.72. The molecule has 0 bridgehead atoms. The highest BCUT2D eigenvalue weighted by atomic mass is 15.3. The van der Waals surface area contributed by atoms with Crippen molar-refractivity contribution in [3.8, 4) is 0 Å². The van der Waals surface area contributed by atoms with Crippen molar-refractivity contribution < 1.29 is 0 Å². The molecule has 1 atom stereocenters. The second-order valence-corrected chi connectivity index (χ2v) is 6.53. The molecule has 4 heteroatoms. The molecule has 3 rings (SSSR count). The fraction of sp³-hybridized carbons (Fsp3) is 0.812. The third kappa shape index (κ3) is 3.61. The summed E-state index contributed by atoms with van der Waals surface area (Å²) in [5.74, 6) is 0.896. The zero-order chi connectivity index (χ0) is 13.8. The SMILES string of the molecule is Cn1ccc(CN2CCCNC(C3CCCCC3)C2)n1. The number of aromatic nitrogens is 2. The molecule has 0 amide bonds. The summed E-state index contributed by atoms with van der Waals surface area (Å²) in [5, 5.41) is 8.33. The van der Waals surface area contributed by atoms with Gasteiger partial charge < -0.3 is 5.32 Å². The quantitative estimate of drug-likeness (QED) is 0.918. The zero-order valence-corrected chi connectivity index (χ0v) is 12.7. The van der Waals surface area contributed by atoms with Gasteiger partial charge in [0.2, 0.25) is 0 Å². The first-order valence-electron chi connectivity index (χ1n) is 8.25. The molecule has 1 aromatic heterocycles. The monoisotopic (exact) mass is 276 g/mol. The van der Waals surface area contributed by atoms with E-state index < -0.39 is 0 Å². The van der Waals surface area contributed by atoms with E-state index in [1.165, 1.54) is 63.9 Å². The lowest BCUT2D eigenvalue weighted by Crippen LogP contribution is -2.43. The standard InChI is InChI=1S/C16H28N4/c1-19-11-8-15(18-19)12-20-10-5-9-17-16(13-20)14-6-3-2-4-7-14/h8,11,14,16-17H,2-7,9-10,12-13H2,1H3. The summed E-state index contributed by atoms with van der Waals surface area (Å²) < 4.78 is 1.91. The molecule has 2 heterocycles. The maximum Gasteiger partial charge on any atom is 0.0764 e. The van der Waals surface area contributed by atoms with Gasteiger partial charge in [-0.3, -0.25) is 9.58 Å². The molecular weight excluding hydrogens is 248 g/mol. The van der Waals surface area contributed by atoms with E-state index in [-0.39, 0.29) is 0 Å². The molecule has 0 aromatic carbocycles. The molecule has 1 saturated heterocycles. The van der Waals surface area contributed by atoms with E-state index in [0.29, 0.717) is 6.04 Å². The second-order valence-electron chi connectivity index (χ2n) is 6.53. The van der Waals surface area contributed by atoms with Crippen molar-refractivity contribution in [3.05, 3.63) is 18.0 Å². The molecule has 1 aromatic rings. The van der Waals surface area contributed by atoms with Crippen LogP contribution in [0.3, 0.4) is 0 Å². The molecule has 0 radical (unpaired) electrons. The maximum atomic E-state index is 4.53. The molecule has 4 nitrogen and oxygen atoms in total. The van der Waals surface area contributed by atoms with E-state index in [2.05, 4.69) is 21.4 Å². The summed E-state index contributed by atoms with van der Waals surface area (Å²) in [4.78, 5) is 2.60. The van der Waals surface area contributed by atoms with Gasteiger partial charge in [-0.2, -0.15) is 5.10 Å². The van der Waals surface area contributed by atoms with Gasteiger partial charge in [0.15, 0.2) is 0 Å². The van der Waals surface area contributed by atoms with Crippen molar-refractivity contribution in [2.75, 3.05) is 19.6 Å². The Morgan fingerprint density at radius 1 is 1.25 bits per heavy atom. The molecular formula is C16H28N4. The summed E-state index contributed by atoms with van der Waals surface area (Å²) in [5.41, 5.74) is 1.21. The van der Waals surface area contributed by atoms with Gasteiger partial charge in [-0.05, 0) is 44.3 Å². The molecule has 1 unspecified atom stereocenters. The first-order valence-corrected chi connectivity index (χ1v) is 8.25. The van der Waals surface area contributed by atoms with Gasteiger partial charge in [0.25, 0.3) is 0 Å². The highest BCUT2D eigenvalue weighted by molar-refractivity contribution is 4.99. The van der Waals surface area contributed by atoms with Crippen molar-refractivity contribution in [2.24, 2.45) is 13.0 Å². The lowest BCUT2D eigenvalue weighted by molar-refractivity contribution is 0.199. The van der Waals surface area contributed by atoms with E-state index in [1.807, 2.05) is 17.9 Å². The number of nitrogens with zero attached hydrogens (tertiary/aromatic N) is 3. The van der Waals surface area contributed by atoms with Gasteiger partial charge in [-0.15, -0.1) is 0 Å². The van der Waals surface area contributed by atoms with Crippen LogP contribution >= 0.6 is 0 Å². The Labute approximate surface area is 122 Å². The van der Waals surface area contributed by atoms with Gasteiger partial charge in [-0.1, -0.05) is 19.3 Å². The molecule has 0 spiro atoms. The van der Waals surface area contributed by atoms with Crippen molar-refractivity contribution in [2.45, 2.75) is 51.1 Å². The van der Waals surface area contributed by atoms with Crippen molar-refractivity contribution in [1.82, 2.24) is 20.0 Å². The zero-order valence-electron chi connectivity index (χ0n) is 12.7. The van der Waals surface area contributed by atoms with Crippen LogP contribution in [0.5, 0.6) is 0 Å². The first kappa shape index (κ1) is 14.1. The number of nitrogens with one attached hydrogen (secondary N) is 1. The highest BCUT2D eigenvalue weighted by Gasteiger charge is 2.26. The minimum Gasteiger partial charge on any atom is -0.312 e. The van der Waals surface area contributed by atoms with Gasteiger partial charge >= 0.3 is 0 Å². The minimum atomic E-state index is 0.696. The summed E-state index contributed by atoms with van der Waals surface area (Å²) >= 11 is 0. The van der Waals surface area contributed by atoms with Crippen LogP contribution in [0.2, 0.25) is 0 Å². The molecule has 1 aliphatic heterocycles. The summed E-state index contributed by atoms with van der Waals surface area (Å²) in [7, 11) is 2.00. The normalized spacial score (nSPS) is 26.6. The molecule has 112 valence electrons. The Kier molecular flexibility index (Phi) is 4.73. The van der Waals surface area contributed by atoms with Crippen LogP contribution in [0.4, 0.5) is 0 Å². The first-order chi connectivity index (χ1) is 9.81. The third-order valence-corrected chi connectivity index (χ3v) is 4.89. The minimum absolute atomic E-state index is 0.696. The van der Waals surface area contributed by atoms with E-state index in [1.54, 1.807) is 0 Å². The molecule has 2 fully saturated rings. The maximum absolute atomic E-state index is 4.53. The van der Waals surface area contributed by atoms with E-state index in [4.69, 9.17) is 0 Å². The van der Waals surface area contributed by atoms with Crippen LogP contribution in [0.1, 0.15) is 44.2 Å². The van der Waals surface area contributed by atoms with Crippen LogP contribution in [0, 0.1) is 5.92 Å². The highest BCUT2D eigenvalue weighted by Crippen LogP contribution is 2.27. The Hall–Kier alpha value is -0.870. The molecule has 1 saturated carbocycles. The van der Waals surface area contributed by atoms with Crippen LogP contribution in [0.15, 0.2) is 12.3 Å². The lowest BCUT2D eigenvalue weighted by Gasteiger charge is -2.32. The number of aryl methyl sites for hydroxylation is 1. The predicted octanol–water partition coefficient (Wildman–Crippen LogP) is 2.16. The molecule has 20 heavy (non-hydrogen) atoms. The van der Waals surface area contributed by atoms with Crippen LogP contribution in [-0.4, -0.2) is 40.4 Å². The van der Waals surface area contributed by atoms with Gasteiger partial charge in [0.1, 0.15) is 0 Å². The topological polar surface area (TPSA) is 33.1 Å². The lowest BCUT2D eigenvalue weighted by atomic mass is 9.83. The van der Waals surface area contributed by atoms with Crippen LogP contribution < -0.4 is 5.32 Å². The largest absolute Gasteiger partial charge is 0.312 e. The van der Waals surface area contributed by atoms with Crippen molar-refractivity contribution >= 4 is 0 Å². The summed E-state index contributed by atoms with van der Waals surface area (Å²) in [6, 6.07) is 2.84. The summed E-state index contributed by atoms with van der Waals surface area (Å²) in [6.07, 6.45) is 10.5. The summed E-state index contributed by atoms with van der Waals surface area (Å²) in [6.45, 7) is 4.58. The third-order valence-electron chi connectivity index (χ3n) is 4.89. The Morgan fingerprint density at radius 2 is 2.10 bits per heavy atom. The Morgan fingerprint density at radius 3 is 2.85 bits per heavy atom. The van der Waals surface area contributed by atoms with Gasteiger partial charge in [0.05, 0.1) is 5.69 Å². The average Bonchev–Trinajstić information content (AvgIpc) is 2.74. The number of hydrogen-bond acceptors (Lipinski definition) is 3. The van der Waals surface area contributed by atoms with Crippen molar-refractivity contribution in [3.63, 3.8) is 0 Å². The smallest absolute Gasteiger partial charge is 0.0764 e. The number of hydrogen-bond donors (Lipinski definition) is 1. The van der Waals surface area contributed by atoms with Crippen LogP contribution in [-0.2, 0) is 13.6 Å². The van der Waals surface area contributed by atoms with Crippen molar-refractivity contribution in [1.29, 1.82) is 0 Å². The fourth-order valence-corrected chi connectivity index (χ4v) is 3.80. The molecule has 1 aliphatic carbocycles. The van der Waals surface area contributed by atoms with E-state index >= 15 is 0 Å². The Bertz CT molecular complexity index is 408.